The summed E-state index contributed by atoms with van der Waals surface area (Å²) in [6, 6.07) is 9.87. The number of guanidine groups is 1. The minimum absolute atomic E-state index is 0.0222. The smallest absolute Gasteiger partial charge is 0.322 e. The van der Waals surface area contributed by atoms with E-state index in [-0.39, 0.29) is 42.9 Å². The number of anilines is 1. The zero-order valence-electron chi connectivity index (χ0n) is 21.9. The number of aliphatic carboxylic acids is 1. The molecule has 14 heteroatoms. The zero-order valence-corrected chi connectivity index (χ0v) is 21.9. The molecule has 4 rings (SSSR count). The molecule has 2 aromatic carbocycles. The van der Waals surface area contributed by atoms with Gasteiger partial charge in [0.25, 0.3) is 0 Å². The number of nitrogens with one attached hydrogen (secondary N) is 5. The van der Waals surface area contributed by atoms with E-state index in [4.69, 9.17) is 0 Å². The number of H-pyrrole nitrogens is 1. The molecule has 0 saturated heterocycles. The fourth-order valence-electron chi connectivity index (χ4n) is 4.41. The lowest BCUT2D eigenvalue weighted by molar-refractivity contribution is -0.140. The van der Waals surface area contributed by atoms with Crippen molar-refractivity contribution in [2.45, 2.75) is 37.3 Å². The number of aromatic hydroxyl groups is 1. The van der Waals surface area contributed by atoms with Crippen LogP contribution < -0.4 is 21.3 Å². The lowest BCUT2D eigenvalue weighted by Crippen LogP contribution is -2.47. The number of nitrogens with zero attached hydrogens (tertiary/aromatic N) is 1. The van der Waals surface area contributed by atoms with Crippen LogP contribution in [0.4, 0.5) is 5.69 Å². The van der Waals surface area contributed by atoms with E-state index in [1.165, 1.54) is 12.1 Å². The van der Waals surface area contributed by atoms with Crippen molar-refractivity contribution in [3.63, 3.8) is 0 Å². The fourth-order valence-corrected chi connectivity index (χ4v) is 4.41. The number of carboxylic acid groups (broad SMARTS) is 1. The predicted molar refractivity (Wildman–Crippen MR) is 148 cm³/mol. The highest BCUT2D eigenvalue weighted by Crippen LogP contribution is 2.27. The Morgan fingerprint density at radius 3 is 2.66 bits per heavy atom. The van der Waals surface area contributed by atoms with Crippen molar-refractivity contribution >= 4 is 40.7 Å². The highest BCUT2D eigenvalue weighted by atomic mass is 16.4. The molecule has 218 valence electrons. The third-order valence-electron chi connectivity index (χ3n) is 6.53. The summed E-state index contributed by atoms with van der Waals surface area (Å²) in [4.78, 5) is 42.9. The highest BCUT2D eigenvalue weighted by Gasteiger charge is 2.25. The number of hydrogen-bond acceptors (Lipinski definition) is 11. The minimum Gasteiger partial charge on any atom is -0.508 e. The van der Waals surface area contributed by atoms with Crippen LogP contribution in [0.5, 0.6) is 5.75 Å². The lowest BCUT2D eigenvalue weighted by Gasteiger charge is -2.21. The molecule has 10 N–H and O–H groups in total. The second kappa shape index (κ2) is 13.2. The number of para-hydroxylation sites is 1. The van der Waals surface area contributed by atoms with Crippen LogP contribution in [-0.4, -0.2) is 86.4 Å². The van der Waals surface area contributed by atoms with Gasteiger partial charge in [-0.25, -0.2) is 0 Å². The van der Waals surface area contributed by atoms with Crippen molar-refractivity contribution in [3.05, 3.63) is 59.3 Å². The second-order valence-corrected chi connectivity index (χ2v) is 9.60. The van der Waals surface area contributed by atoms with E-state index >= 15 is 0 Å². The number of benzene rings is 2. The fraction of sp³-hybridized carbons (Fsp3) is 0.333. The van der Waals surface area contributed by atoms with Crippen molar-refractivity contribution in [1.29, 1.82) is 0 Å². The van der Waals surface area contributed by atoms with Crippen LogP contribution in [0.25, 0.3) is 10.9 Å². The first kappa shape index (κ1) is 29.5. The number of carbonyl (C=O) groups is 3. The maximum absolute atomic E-state index is 12.4. The number of aliphatic imine (C=N–C) groups is 1. The number of rotatable bonds is 12. The van der Waals surface area contributed by atoms with Gasteiger partial charge in [0.1, 0.15) is 18.0 Å². The molecule has 2 heterocycles. The maximum atomic E-state index is 12.4. The van der Waals surface area contributed by atoms with Gasteiger partial charge >= 0.3 is 5.97 Å². The van der Waals surface area contributed by atoms with Gasteiger partial charge in [-0.2, -0.15) is 0 Å². The average molecular weight is 569 g/mol. The average Bonchev–Trinajstić information content (AvgIpc) is 3.33. The first-order valence-electron chi connectivity index (χ1n) is 12.9. The van der Waals surface area contributed by atoms with E-state index in [0.29, 0.717) is 40.9 Å². The standard InChI is InChI=1S/C27H32N6O8/c34-13-19-18-3-1-2-4-20(18)32-24(19)25(39)33-21(26(40)41)12-28-23(38)6-5-22(37)14-7-15(9-16(35)8-14)31-27-29-10-17(36)11-30-27/h1-4,7-9,13,17,21-22,25,32-33,35-37,39H,5-6,10-12H2,(H,28,38)(H,40,41)(H2,29,30,31)/t21-,22?,25?/m0/s1. The molecule has 0 radical (unpaired) electrons. The summed E-state index contributed by atoms with van der Waals surface area (Å²) < 4.78 is 0. The number of carboxylic acids is 1. The quantitative estimate of drug-likeness (QED) is 0.104. The number of aliphatic hydroxyl groups is 3. The summed E-state index contributed by atoms with van der Waals surface area (Å²) in [5.74, 6) is -1.59. The summed E-state index contributed by atoms with van der Waals surface area (Å²) in [6.07, 6.45) is -2.84. The van der Waals surface area contributed by atoms with Gasteiger partial charge in [0.2, 0.25) is 5.91 Å². The van der Waals surface area contributed by atoms with E-state index in [9.17, 15) is 39.9 Å². The lowest BCUT2D eigenvalue weighted by atomic mass is 10.0. The molecule has 0 spiro atoms. The van der Waals surface area contributed by atoms with Crippen LogP contribution in [0.15, 0.2) is 47.5 Å². The molecule has 1 aliphatic rings. The predicted octanol–water partition coefficient (Wildman–Crippen LogP) is 0.0817. The first-order chi connectivity index (χ1) is 19.6. The monoisotopic (exact) mass is 568 g/mol. The molecule has 3 unspecified atom stereocenters. The van der Waals surface area contributed by atoms with Gasteiger partial charge in [-0.05, 0) is 30.2 Å². The number of aromatic amines is 1. The Hall–Kier alpha value is -4.50. The van der Waals surface area contributed by atoms with Gasteiger partial charge in [0.05, 0.1) is 24.4 Å². The Kier molecular flexibility index (Phi) is 9.52. The molecular weight excluding hydrogens is 536 g/mol. The van der Waals surface area contributed by atoms with Crippen LogP contribution in [0.2, 0.25) is 0 Å². The number of phenols is 1. The highest BCUT2D eigenvalue weighted by molar-refractivity contribution is 5.99. The van der Waals surface area contributed by atoms with Gasteiger partial charge in [0.15, 0.2) is 12.2 Å². The largest absolute Gasteiger partial charge is 0.508 e. The van der Waals surface area contributed by atoms with Gasteiger partial charge in [-0.15, -0.1) is 0 Å². The van der Waals surface area contributed by atoms with Gasteiger partial charge in [-0.3, -0.25) is 24.7 Å². The number of β-amino-alcohol motifs (C(OH)–C–C–N with tert-alkyl or cyclic N) is 1. The third kappa shape index (κ3) is 7.58. The van der Waals surface area contributed by atoms with Crippen LogP contribution >= 0.6 is 0 Å². The van der Waals surface area contributed by atoms with Gasteiger partial charge in [0, 0.05) is 47.7 Å². The minimum atomic E-state index is -1.53. The van der Waals surface area contributed by atoms with Gasteiger partial charge < -0.3 is 46.5 Å². The molecule has 0 aliphatic carbocycles. The van der Waals surface area contributed by atoms with Crippen molar-refractivity contribution in [2.75, 3.05) is 25.0 Å². The zero-order chi connectivity index (χ0) is 29.5. The number of aromatic nitrogens is 1. The molecule has 41 heavy (non-hydrogen) atoms. The summed E-state index contributed by atoms with van der Waals surface area (Å²) in [5, 5.41) is 61.8. The Bertz CT molecular complexity index is 1440. The van der Waals surface area contributed by atoms with E-state index in [1.807, 2.05) is 0 Å². The van der Waals surface area contributed by atoms with E-state index in [2.05, 4.69) is 31.2 Å². The van der Waals surface area contributed by atoms with E-state index in [0.717, 1.165) is 0 Å². The number of aliphatic hydroxyl groups excluding tert-OH is 3. The number of hydrogen-bond donors (Lipinski definition) is 10. The second-order valence-electron chi connectivity index (χ2n) is 9.60. The summed E-state index contributed by atoms with van der Waals surface area (Å²) in [6.45, 7) is 0.163. The maximum Gasteiger partial charge on any atom is 0.322 e. The molecule has 3 aromatic rings. The third-order valence-corrected chi connectivity index (χ3v) is 6.53. The van der Waals surface area contributed by atoms with Crippen LogP contribution in [0.1, 0.15) is 46.8 Å². The van der Waals surface area contributed by atoms with Crippen LogP contribution in [0.3, 0.4) is 0 Å². The molecule has 1 aliphatic heterocycles. The molecule has 1 amide bonds. The molecule has 14 nitrogen and oxygen atoms in total. The van der Waals surface area contributed by atoms with E-state index < -0.39 is 36.4 Å². The Balaban J connectivity index is 1.30. The summed E-state index contributed by atoms with van der Waals surface area (Å²) >= 11 is 0. The van der Waals surface area contributed by atoms with Crippen molar-refractivity contribution in [3.8, 4) is 5.75 Å². The number of aldehydes is 1. The molecule has 4 atom stereocenters. The van der Waals surface area contributed by atoms with Gasteiger partial charge in [-0.1, -0.05) is 18.2 Å². The van der Waals surface area contributed by atoms with E-state index in [1.54, 1.807) is 30.3 Å². The molecule has 0 saturated carbocycles. The number of fused-ring (bicyclic) bond motifs is 1. The van der Waals surface area contributed by atoms with Crippen molar-refractivity contribution < 1.29 is 39.9 Å². The summed E-state index contributed by atoms with van der Waals surface area (Å²) in [5.41, 5.74) is 1.67. The number of carbonyl (C=O) groups excluding carboxylic acids is 2. The first-order valence-corrected chi connectivity index (χ1v) is 12.9. The Morgan fingerprint density at radius 1 is 1.17 bits per heavy atom. The van der Waals surface area contributed by atoms with Crippen molar-refractivity contribution in [2.24, 2.45) is 4.99 Å². The normalized spacial score (nSPS) is 17.1. The molecule has 1 aromatic heterocycles. The summed E-state index contributed by atoms with van der Waals surface area (Å²) in [7, 11) is 0. The van der Waals surface area contributed by atoms with Crippen LogP contribution in [0, 0.1) is 0 Å². The number of amides is 1. The SMILES string of the molecule is O=Cc1c(C(O)N[C@@H](CNC(=O)CCC(O)c2cc(O)cc(NC3=NCC(O)CN3)c2)C(=O)O)[nH]c2ccccc12. The Morgan fingerprint density at radius 2 is 1.95 bits per heavy atom. The topological polar surface area (TPSA) is 229 Å². The molecular formula is C27H32N6O8. The molecule has 0 bridgehead atoms. The number of phenolic OH excluding ortho intramolecular Hbond substituents is 1. The molecule has 0 fully saturated rings. The Labute approximate surface area is 234 Å². The van der Waals surface area contributed by atoms with Crippen molar-refractivity contribution in [1.82, 2.24) is 20.9 Å². The van der Waals surface area contributed by atoms with Crippen LogP contribution in [-0.2, 0) is 9.59 Å².